The second-order valence-corrected chi connectivity index (χ2v) is 6.54. The van der Waals surface area contributed by atoms with Gasteiger partial charge in [-0.15, -0.1) is 0 Å². The molecule has 0 bridgehead atoms. The van der Waals surface area contributed by atoms with Crippen LogP contribution in [0.5, 0.6) is 5.75 Å². The zero-order valence-electron chi connectivity index (χ0n) is 16.9. The van der Waals surface area contributed by atoms with Gasteiger partial charge in [0.15, 0.2) is 0 Å². The maximum atomic E-state index is 12.3. The maximum absolute atomic E-state index is 12.3. The molecule has 1 atom stereocenters. The van der Waals surface area contributed by atoms with Crippen molar-refractivity contribution in [2.75, 3.05) is 7.05 Å². The van der Waals surface area contributed by atoms with E-state index in [1.165, 1.54) is 18.2 Å². The summed E-state index contributed by atoms with van der Waals surface area (Å²) in [5, 5.41) is 50.7. The lowest BCUT2D eigenvalue weighted by Gasteiger charge is -2.19. The summed E-state index contributed by atoms with van der Waals surface area (Å²) in [6.07, 6.45) is -0.0956. The van der Waals surface area contributed by atoms with E-state index >= 15 is 0 Å². The Kier molecular flexibility index (Phi) is 10.8. The van der Waals surface area contributed by atoms with Crippen molar-refractivity contribution >= 4 is 25.5 Å². The Labute approximate surface area is 179 Å². The van der Waals surface area contributed by atoms with Crippen molar-refractivity contribution < 1.29 is 39.8 Å². The molecule has 2 aromatic carbocycles. The number of carbonyl (C=O) groups is 3. The van der Waals surface area contributed by atoms with Crippen molar-refractivity contribution in [1.82, 2.24) is 10.6 Å². The van der Waals surface area contributed by atoms with E-state index < -0.39 is 30.7 Å². The van der Waals surface area contributed by atoms with Gasteiger partial charge < -0.3 is 36.0 Å². The van der Waals surface area contributed by atoms with Gasteiger partial charge in [0.25, 0.3) is 6.47 Å². The Morgan fingerprint density at radius 1 is 1.10 bits per heavy atom. The number of aromatic hydroxyl groups is 1. The van der Waals surface area contributed by atoms with Crippen LogP contribution < -0.4 is 10.6 Å². The monoisotopic (exact) mass is 432 g/mol. The van der Waals surface area contributed by atoms with Crippen LogP contribution in [0, 0.1) is 0 Å². The number of carboxylic acid groups (broad SMARTS) is 2. The minimum atomic E-state index is -1.88. The molecular formula is C20H25BN2O8. The quantitative estimate of drug-likeness (QED) is 0.209. The summed E-state index contributed by atoms with van der Waals surface area (Å²) >= 11 is 0. The topological polar surface area (TPSA) is 176 Å². The van der Waals surface area contributed by atoms with Gasteiger partial charge in [-0.3, -0.25) is 9.59 Å². The van der Waals surface area contributed by atoms with Gasteiger partial charge in [0.2, 0.25) is 5.91 Å². The van der Waals surface area contributed by atoms with Gasteiger partial charge >= 0.3 is 13.1 Å². The number of aromatic carboxylic acids is 1. The summed E-state index contributed by atoms with van der Waals surface area (Å²) in [7, 11) is -0.0408. The molecule has 7 N–H and O–H groups in total. The van der Waals surface area contributed by atoms with Crippen molar-refractivity contribution in [3.8, 4) is 5.75 Å². The van der Waals surface area contributed by atoms with Crippen LogP contribution in [0.1, 0.15) is 27.0 Å². The summed E-state index contributed by atoms with van der Waals surface area (Å²) in [6.45, 7) is 0.462. The van der Waals surface area contributed by atoms with Gasteiger partial charge in [-0.1, -0.05) is 36.4 Å². The molecule has 166 valence electrons. The van der Waals surface area contributed by atoms with E-state index in [-0.39, 0.29) is 30.4 Å². The van der Waals surface area contributed by atoms with Crippen LogP contribution in [-0.4, -0.2) is 63.8 Å². The third-order valence-electron chi connectivity index (χ3n) is 4.26. The van der Waals surface area contributed by atoms with Crippen molar-refractivity contribution in [2.24, 2.45) is 0 Å². The van der Waals surface area contributed by atoms with Gasteiger partial charge in [-0.05, 0) is 36.2 Å². The van der Waals surface area contributed by atoms with Crippen LogP contribution in [0.3, 0.4) is 0 Å². The molecule has 31 heavy (non-hydrogen) atoms. The minimum Gasteiger partial charge on any atom is -0.507 e. The fraction of sp³-hybridized carbons (Fsp3) is 0.250. The molecule has 0 aliphatic heterocycles. The van der Waals surface area contributed by atoms with Crippen LogP contribution in [0.4, 0.5) is 0 Å². The Hall–Kier alpha value is -3.41. The van der Waals surface area contributed by atoms with Gasteiger partial charge in [0.1, 0.15) is 11.3 Å². The number of rotatable bonds is 9. The number of phenols is 1. The van der Waals surface area contributed by atoms with E-state index in [0.717, 1.165) is 11.1 Å². The van der Waals surface area contributed by atoms with Crippen molar-refractivity contribution in [2.45, 2.75) is 25.3 Å². The number of carbonyl (C=O) groups excluding carboxylic acids is 1. The number of benzene rings is 2. The lowest BCUT2D eigenvalue weighted by Crippen LogP contribution is -2.48. The molecular weight excluding hydrogens is 407 g/mol. The first-order valence-electron chi connectivity index (χ1n) is 9.23. The first-order chi connectivity index (χ1) is 14.7. The molecule has 0 heterocycles. The third kappa shape index (κ3) is 8.46. The van der Waals surface area contributed by atoms with Crippen LogP contribution in [0.2, 0.25) is 0 Å². The fourth-order valence-electron chi connectivity index (χ4n) is 2.82. The zero-order chi connectivity index (χ0) is 23.4. The number of carboxylic acids is 1. The molecule has 1 amide bonds. The Morgan fingerprint density at radius 2 is 1.68 bits per heavy atom. The molecule has 0 spiro atoms. The Bertz CT molecular complexity index is 874. The Morgan fingerprint density at radius 3 is 2.19 bits per heavy atom. The van der Waals surface area contributed by atoms with E-state index in [1.54, 1.807) is 0 Å². The first-order valence-corrected chi connectivity index (χ1v) is 9.23. The number of hydrogen-bond acceptors (Lipinski definition) is 7. The van der Waals surface area contributed by atoms with Gasteiger partial charge in [-0.2, -0.15) is 0 Å². The predicted octanol–water partition coefficient (Wildman–Crippen LogP) is -0.207. The third-order valence-corrected chi connectivity index (χ3v) is 4.26. The highest BCUT2D eigenvalue weighted by atomic mass is 16.4. The van der Waals surface area contributed by atoms with E-state index in [1.807, 2.05) is 31.3 Å². The number of nitrogens with one attached hydrogen (secondary N) is 2. The van der Waals surface area contributed by atoms with Gasteiger partial charge in [0, 0.05) is 6.54 Å². The molecule has 0 saturated heterocycles. The Balaban J connectivity index is 0.00000151. The normalized spacial score (nSPS) is 10.9. The van der Waals surface area contributed by atoms with Gasteiger partial charge in [0.05, 0.1) is 12.4 Å². The second-order valence-electron chi connectivity index (χ2n) is 6.54. The van der Waals surface area contributed by atoms with Crippen LogP contribution >= 0.6 is 0 Å². The first kappa shape index (κ1) is 25.6. The fourth-order valence-corrected chi connectivity index (χ4v) is 2.82. The smallest absolute Gasteiger partial charge is 0.475 e. The molecule has 2 aromatic rings. The summed E-state index contributed by atoms with van der Waals surface area (Å²) < 4.78 is 0. The molecule has 2 rings (SSSR count). The molecule has 0 aromatic heterocycles. The molecule has 0 radical (unpaired) electrons. The maximum Gasteiger partial charge on any atom is 0.475 e. The standard InChI is InChI=1S/C19H23BN2O6.CH2O2/c1-21-11-13-7-5-12(6-8-13)9-17(23)22-16(20(27)28)10-14-3-2-4-15(18(14)24)19(25)26;2-1-3/h2-8,16,21,24,27-28H,9-11H2,1H3,(H,22,23)(H,25,26);1H,(H,2,3)/t16-;/m0./s1. The molecule has 0 aliphatic rings. The molecule has 0 saturated carbocycles. The predicted molar refractivity (Wildman–Crippen MR) is 112 cm³/mol. The molecule has 0 unspecified atom stereocenters. The van der Waals surface area contributed by atoms with E-state index in [0.29, 0.717) is 6.54 Å². The minimum absolute atomic E-state index is 0.0458. The van der Waals surface area contributed by atoms with Crippen molar-refractivity contribution in [3.63, 3.8) is 0 Å². The van der Waals surface area contributed by atoms with E-state index in [2.05, 4.69) is 10.6 Å². The number of para-hydroxylation sites is 1. The molecule has 10 nitrogen and oxygen atoms in total. The van der Waals surface area contributed by atoms with E-state index in [9.17, 15) is 24.7 Å². The van der Waals surface area contributed by atoms with Crippen LogP contribution in [-0.2, 0) is 29.0 Å². The highest BCUT2D eigenvalue weighted by molar-refractivity contribution is 6.43. The number of hydrogen-bond donors (Lipinski definition) is 7. The average molecular weight is 432 g/mol. The van der Waals surface area contributed by atoms with E-state index in [4.69, 9.17) is 15.0 Å². The second kappa shape index (κ2) is 13.0. The molecule has 0 aliphatic carbocycles. The van der Waals surface area contributed by atoms with Crippen LogP contribution in [0.25, 0.3) is 0 Å². The van der Waals surface area contributed by atoms with Crippen LogP contribution in [0.15, 0.2) is 42.5 Å². The zero-order valence-corrected chi connectivity index (χ0v) is 16.9. The van der Waals surface area contributed by atoms with Crippen molar-refractivity contribution in [3.05, 3.63) is 64.7 Å². The summed E-state index contributed by atoms with van der Waals surface area (Å²) in [6, 6.07) is 11.6. The largest absolute Gasteiger partial charge is 0.507 e. The molecule has 11 heteroatoms. The number of amides is 1. The lowest BCUT2D eigenvalue weighted by molar-refractivity contribution is -0.123. The SMILES string of the molecule is CNCc1ccc(CC(=O)N[C@@H](Cc2cccc(C(=O)O)c2O)B(O)O)cc1.O=CO. The van der Waals surface area contributed by atoms with Gasteiger partial charge in [-0.25, -0.2) is 4.79 Å². The summed E-state index contributed by atoms with van der Waals surface area (Å²) in [4.78, 5) is 31.8. The lowest BCUT2D eigenvalue weighted by atomic mass is 9.75. The highest BCUT2D eigenvalue weighted by Gasteiger charge is 2.27. The average Bonchev–Trinajstić information content (AvgIpc) is 2.71. The summed E-state index contributed by atoms with van der Waals surface area (Å²) in [5.41, 5.74) is 1.73. The summed E-state index contributed by atoms with van der Waals surface area (Å²) in [5.74, 6) is -3.29. The molecule has 0 fully saturated rings. The highest BCUT2D eigenvalue weighted by Crippen LogP contribution is 2.24. The van der Waals surface area contributed by atoms with Crippen molar-refractivity contribution in [1.29, 1.82) is 0 Å².